The van der Waals surface area contributed by atoms with E-state index >= 15 is 0 Å². The number of rotatable bonds is 6. The molecule has 0 aliphatic heterocycles. The normalized spacial score (nSPS) is 27.2. The fourth-order valence-corrected chi connectivity index (χ4v) is 2.95. The van der Waals surface area contributed by atoms with Crippen molar-refractivity contribution in [2.24, 2.45) is 17.8 Å². The molecule has 0 radical (unpaired) electrons. The van der Waals surface area contributed by atoms with Crippen LogP contribution in [0.4, 0.5) is 0 Å². The highest BCUT2D eigenvalue weighted by molar-refractivity contribution is 5.85. The van der Waals surface area contributed by atoms with Gasteiger partial charge in [-0.2, -0.15) is 0 Å². The number of hydrogen-bond donors (Lipinski definition) is 1. The molecule has 1 aliphatic rings. The van der Waals surface area contributed by atoms with E-state index < -0.39 is 11.9 Å². The Morgan fingerprint density at radius 1 is 1.17 bits per heavy atom. The molecule has 3 unspecified atom stereocenters. The van der Waals surface area contributed by atoms with Crippen LogP contribution in [0.15, 0.2) is 0 Å². The molecule has 1 N–H and O–H groups in total. The zero-order valence-corrected chi connectivity index (χ0v) is 11.7. The molecule has 0 heterocycles. The van der Waals surface area contributed by atoms with Crippen LogP contribution in [0, 0.1) is 17.8 Å². The van der Waals surface area contributed by atoms with E-state index in [0.29, 0.717) is 18.9 Å². The van der Waals surface area contributed by atoms with Gasteiger partial charge >= 0.3 is 5.97 Å². The Balaban J connectivity index is 2.78. The predicted molar refractivity (Wildman–Crippen MR) is 70.2 cm³/mol. The van der Waals surface area contributed by atoms with E-state index in [9.17, 15) is 14.7 Å². The van der Waals surface area contributed by atoms with Crippen LogP contribution in [0.1, 0.15) is 46.5 Å². The van der Waals surface area contributed by atoms with Crippen LogP contribution in [0.25, 0.3) is 0 Å². The lowest BCUT2D eigenvalue weighted by Crippen LogP contribution is -2.39. The Morgan fingerprint density at radius 2 is 1.78 bits per heavy atom. The number of amides is 1. The topological polar surface area (TPSA) is 57.6 Å². The molecule has 0 saturated heterocycles. The molecule has 1 amide bonds. The highest BCUT2D eigenvalue weighted by atomic mass is 16.4. The number of carbonyl (C=O) groups is 2. The molecule has 1 rings (SSSR count). The summed E-state index contributed by atoms with van der Waals surface area (Å²) in [6.07, 6.45) is 3.28. The van der Waals surface area contributed by atoms with Gasteiger partial charge in [-0.05, 0) is 32.1 Å². The maximum Gasteiger partial charge on any atom is 0.307 e. The van der Waals surface area contributed by atoms with E-state index in [1.807, 2.05) is 13.8 Å². The summed E-state index contributed by atoms with van der Waals surface area (Å²) >= 11 is 0. The second kappa shape index (κ2) is 6.76. The summed E-state index contributed by atoms with van der Waals surface area (Å²) in [7, 11) is 0. The lowest BCUT2D eigenvalue weighted by Gasteiger charge is -2.25. The van der Waals surface area contributed by atoms with Crippen molar-refractivity contribution >= 4 is 11.9 Å². The average molecular weight is 255 g/mol. The van der Waals surface area contributed by atoms with Gasteiger partial charge in [-0.25, -0.2) is 0 Å². The maximum atomic E-state index is 12.4. The molecular weight excluding hydrogens is 230 g/mol. The van der Waals surface area contributed by atoms with E-state index in [-0.39, 0.29) is 11.8 Å². The molecule has 0 spiro atoms. The molecule has 3 atom stereocenters. The molecule has 4 nitrogen and oxygen atoms in total. The highest BCUT2D eigenvalue weighted by Gasteiger charge is 2.43. The monoisotopic (exact) mass is 255 g/mol. The van der Waals surface area contributed by atoms with Crippen molar-refractivity contribution in [1.82, 2.24) is 4.90 Å². The summed E-state index contributed by atoms with van der Waals surface area (Å²) in [5, 5.41) is 9.26. The molecule has 0 aromatic carbocycles. The summed E-state index contributed by atoms with van der Waals surface area (Å²) in [5.41, 5.74) is 0. The van der Waals surface area contributed by atoms with Gasteiger partial charge in [0.1, 0.15) is 0 Å². The van der Waals surface area contributed by atoms with Gasteiger partial charge in [-0.1, -0.05) is 20.3 Å². The molecular formula is C14H25NO3. The van der Waals surface area contributed by atoms with Crippen LogP contribution >= 0.6 is 0 Å². The first-order chi connectivity index (χ1) is 8.54. The van der Waals surface area contributed by atoms with E-state index in [2.05, 4.69) is 6.92 Å². The Kier molecular flexibility index (Phi) is 5.63. The second-order valence-electron chi connectivity index (χ2n) is 5.21. The molecule has 104 valence electrons. The number of carboxylic acid groups (broad SMARTS) is 1. The van der Waals surface area contributed by atoms with Crippen LogP contribution in [0.2, 0.25) is 0 Å². The molecule has 1 fully saturated rings. The number of aliphatic carboxylic acids is 1. The van der Waals surface area contributed by atoms with E-state index in [4.69, 9.17) is 0 Å². The Bertz CT molecular complexity index is 303. The van der Waals surface area contributed by atoms with Crippen molar-refractivity contribution in [3.63, 3.8) is 0 Å². The van der Waals surface area contributed by atoms with Crippen molar-refractivity contribution in [3.05, 3.63) is 0 Å². The molecule has 1 aliphatic carbocycles. The average Bonchev–Trinajstić information content (AvgIpc) is 2.79. The van der Waals surface area contributed by atoms with Crippen molar-refractivity contribution < 1.29 is 14.7 Å². The lowest BCUT2D eigenvalue weighted by molar-refractivity contribution is -0.149. The minimum atomic E-state index is -0.808. The van der Waals surface area contributed by atoms with Gasteiger partial charge in [0, 0.05) is 13.1 Å². The predicted octanol–water partition coefficient (Wildman–Crippen LogP) is 2.38. The summed E-state index contributed by atoms with van der Waals surface area (Å²) in [4.78, 5) is 25.5. The molecule has 0 bridgehead atoms. The van der Waals surface area contributed by atoms with Gasteiger partial charge in [-0.15, -0.1) is 0 Å². The number of carbonyl (C=O) groups excluding carboxylic acids is 1. The first kappa shape index (κ1) is 15.0. The third kappa shape index (κ3) is 3.24. The third-order valence-corrected chi connectivity index (χ3v) is 4.06. The second-order valence-corrected chi connectivity index (χ2v) is 5.21. The Hall–Kier alpha value is -1.06. The van der Waals surface area contributed by atoms with E-state index in [1.54, 1.807) is 4.90 Å². The fraction of sp³-hybridized carbons (Fsp3) is 0.857. The molecule has 1 saturated carbocycles. The van der Waals surface area contributed by atoms with Crippen molar-refractivity contribution in [3.8, 4) is 0 Å². The summed E-state index contributed by atoms with van der Waals surface area (Å²) in [6, 6.07) is 0. The zero-order chi connectivity index (χ0) is 13.7. The van der Waals surface area contributed by atoms with Gasteiger partial charge in [0.2, 0.25) is 5.91 Å². The lowest BCUT2D eigenvalue weighted by atomic mass is 9.94. The first-order valence-corrected chi connectivity index (χ1v) is 7.06. The van der Waals surface area contributed by atoms with Gasteiger partial charge in [0.25, 0.3) is 0 Å². The number of nitrogens with zero attached hydrogens (tertiary/aromatic N) is 1. The zero-order valence-electron chi connectivity index (χ0n) is 11.7. The molecule has 0 aromatic heterocycles. The van der Waals surface area contributed by atoms with Crippen molar-refractivity contribution in [2.75, 3.05) is 13.1 Å². The Labute approximate surface area is 109 Å². The highest BCUT2D eigenvalue weighted by Crippen LogP contribution is 2.39. The minimum absolute atomic E-state index is 0.0442. The van der Waals surface area contributed by atoms with Gasteiger partial charge in [-0.3, -0.25) is 9.59 Å². The molecule has 4 heteroatoms. The van der Waals surface area contributed by atoms with Crippen LogP contribution in [-0.4, -0.2) is 35.0 Å². The third-order valence-electron chi connectivity index (χ3n) is 4.06. The summed E-state index contributed by atoms with van der Waals surface area (Å²) in [5.74, 6) is -1.16. The quantitative estimate of drug-likeness (QED) is 0.792. The van der Waals surface area contributed by atoms with Crippen molar-refractivity contribution in [1.29, 1.82) is 0 Å². The van der Waals surface area contributed by atoms with Crippen LogP contribution in [-0.2, 0) is 9.59 Å². The number of hydrogen-bond acceptors (Lipinski definition) is 2. The summed E-state index contributed by atoms with van der Waals surface area (Å²) in [6.45, 7) is 7.46. The fourth-order valence-electron chi connectivity index (χ4n) is 2.95. The van der Waals surface area contributed by atoms with Crippen LogP contribution in [0.3, 0.4) is 0 Å². The molecule has 18 heavy (non-hydrogen) atoms. The smallest absolute Gasteiger partial charge is 0.307 e. The van der Waals surface area contributed by atoms with E-state index in [1.165, 1.54) is 0 Å². The Morgan fingerprint density at radius 3 is 2.22 bits per heavy atom. The van der Waals surface area contributed by atoms with Gasteiger partial charge < -0.3 is 10.0 Å². The van der Waals surface area contributed by atoms with Crippen LogP contribution < -0.4 is 0 Å². The largest absolute Gasteiger partial charge is 0.481 e. The van der Waals surface area contributed by atoms with E-state index in [0.717, 1.165) is 25.8 Å². The number of carboxylic acids is 1. The molecule has 0 aromatic rings. The van der Waals surface area contributed by atoms with Crippen molar-refractivity contribution in [2.45, 2.75) is 46.5 Å². The maximum absolute atomic E-state index is 12.4. The minimum Gasteiger partial charge on any atom is -0.481 e. The van der Waals surface area contributed by atoms with Crippen LogP contribution in [0.5, 0.6) is 0 Å². The first-order valence-electron chi connectivity index (χ1n) is 7.06. The van der Waals surface area contributed by atoms with Gasteiger partial charge in [0.05, 0.1) is 11.8 Å². The SMILES string of the molecule is CCCN(CC)C(=O)C1CC(CC)CC1C(=O)O. The van der Waals surface area contributed by atoms with Gasteiger partial charge in [0.15, 0.2) is 0 Å². The summed E-state index contributed by atoms with van der Waals surface area (Å²) < 4.78 is 0. The standard InChI is InChI=1S/C14H25NO3/c1-4-7-15(6-3)13(16)11-8-10(5-2)9-12(11)14(17)18/h10-12H,4-9H2,1-3H3,(H,17,18).